The van der Waals surface area contributed by atoms with Crippen molar-refractivity contribution in [1.29, 1.82) is 0 Å². The Morgan fingerprint density at radius 3 is 2.53 bits per heavy atom. The monoisotopic (exact) mass is 610 g/mol. The first-order valence-electron chi connectivity index (χ1n) is 15.1. The summed E-state index contributed by atoms with van der Waals surface area (Å²) in [6, 6.07) is 9.54. The van der Waals surface area contributed by atoms with Crippen LogP contribution in [0.3, 0.4) is 0 Å². The van der Waals surface area contributed by atoms with Gasteiger partial charge in [0.15, 0.2) is 5.83 Å². The molecule has 1 aromatic heterocycles. The number of nitrogens with zero attached hydrogens (tertiary/aromatic N) is 6. The SMILES string of the molecule is C=C(F)C(=O)N1CCN(c2nc(OCC(C)N3CCCCC3)nc3c2CCN(c2cccc4ccc(F)c(Cl)c24)C3)CC1. The summed E-state index contributed by atoms with van der Waals surface area (Å²) in [5, 5.41) is 1.67. The molecule has 0 saturated carbocycles. The van der Waals surface area contributed by atoms with Crippen molar-refractivity contribution in [3.63, 3.8) is 0 Å². The summed E-state index contributed by atoms with van der Waals surface area (Å²) >= 11 is 6.48. The molecule has 2 saturated heterocycles. The molecule has 2 aromatic carbocycles. The van der Waals surface area contributed by atoms with Gasteiger partial charge < -0.3 is 19.4 Å². The van der Waals surface area contributed by atoms with E-state index in [0.717, 1.165) is 41.2 Å². The van der Waals surface area contributed by atoms with Crippen molar-refractivity contribution in [3.8, 4) is 6.01 Å². The second kappa shape index (κ2) is 12.6. The molecule has 8 nitrogen and oxygen atoms in total. The van der Waals surface area contributed by atoms with Crippen LogP contribution in [0, 0.1) is 5.82 Å². The molecule has 228 valence electrons. The number of piperidine rings is 1. The molecule has 1 atom stereocenters. The van der Waals surface area contributed by atoms with Crippen molar-refractivity contribution < 1.29 is 18.3 Å². The number of piperazine rings is 1. The van der Waals surface area contributed by atoms with Crippen molar-refractivity contribution in [2.75, 3.05) is 62.2 Å². The van der Waals surface area contributed by atoms with Gasteiger partial charge in [0.2, 0.25) is 0 Å². The number of anilines is 2. The molecule has 1 amide bonds. The van der Waals surface area contributed by atoms with Gasteiger partial charge in [0.05, 0.1) is 17.3 Å². The lowest BCUT2D eigenvalue weighted by Gasteiger charge is -2.38. The fourth-order valence-corrected chi connectivity index (χ4v) is 6.70. The molecule has 43 heavy (non-hydrogen) atoms. The summed E-state index contributed by atoms with van der Waals surface area (Å²) < 4.78 is 34.3. The molecule has 3 aliphatic rings. The Hall–Kier alpha value is -3.50. The molecular weight excluding hydrogens is 574 g/mol. The lowest BCUT2D eigenvalue weighted by atomic mass is 10.0. The van der Waals surface area contributed by atoms with E-state index in [4.69, 9.17) is 26.3 Å². The van der Waals surface area contributed by atoms with Gasteiger partial charge in [0.25, 0.3) is 5.91 Å². The highest BCUT2D eigenvalue weighted by Gasteiger charge is 2.30. The number of likely N-dealkylation sites (tertiary alicyclic amines) is 1. The highest BCUT2D eigenvalue weighted by molar-refractivity contribution is 6.36. The number of hydrogen-bond donors (Lipinski definition) is 0. The van der Waals surface area contributed by atoms with E-state index in [1.165, 1.54) is 30.2 Å². The normalized spacial score (nSPS) is 18.5. The predicted octanol–water partition coefficient (Wildman–Crippen LogP) is 5.37. The van der Waals surface area contributed by atoms with Crippen LogP contribution >= 0.6 is 11.6 Å². The zero-order valence-corrected chi connectivity index (χ0v) is 25.3. The Labute approximate surface area is 255 Å². The van der Waals surface area contributed by atoms with Crippen LogP contribution in [-0.4, -0.2) is 84.1 Å². The van der Waals surface area contributed by atoms with E-state index >= 15 is 0 Å². The van der Waals surface area contributed by atoms with Gasteiger partial charge in [-0.05, 0) is 56.8 Å². The van der Waals surface area contributed by atoms with E-state index in [-0.39, 0.29) is 11.1 Å². The lowest BCUT2D eigenvalue weighted by molar-refractivity contribution is -0.128. The van der Waals surface area contributed by atoms with Gasteiger partial charge in [-0.3, -0.25) is 9.69 Å². The molecule has 0 radical (unpaired) electrons. The van der Waals surface area contributed by atoms with Gasteiger partial charge in [-0.2, -0.15) is 9.97 Å². The minimum absolute atomic E-state index is 0.112. The van der Waals surface area contributed by atoms with Crippen LogP contribution in [0.4, 0.5) is 20.3 Å². The fraction of sp³-hybridized carbons (Fsp3) is 0.469. The number of carbonyl (C=O) groups is 1. The zero-order chi connectivity index (χ0) is 30.1. The van der Waals surface area contributed by atoms with Crippen molar-refractivity contribution in [2.24, 2.45) is 0 Å². The molecule has 0 spiro atoms. The molecule has 3 aliphatic heterocycles. The number of hydrogen-bond acceptors (Lipinski definition) is 7. The van der Waals surface area contributed by atoms with Gasteiger partial charge in [0, 0.05) is 55.4 Å². The Morgan fingerprint density at radius 2 is 1.79 bits per heavy atom. The second-order valence-corrected chi connectivity index (χ2v) is 12.0. The molecule has 1 unspecified atom stereocenters. The maximum Gasteiger partial charge on any atom is 0.318 e. The standard InChI is InChI=1S/C32H37ClF2N6O2/c1-21(38-12-4-3-5-13-38)20-43-32-36-26-19-41(27-8-6-7-23-9-10-25(35)29(33)28(23)27)14-11-24(26)30(37-32)39-15-17-40(18-16-39)31(42)22(2)34/h6-10,21H,2-5,11-20H2,1H3. The molecule has 0 bridgehead atoms. The van der Waals surface area contributed by atoms with E-state index in [1.807, 2.05) is 18.2 Å². The number of amides is 1. The molecule has 0 aliphatic carbocycles. The molecule has 0 N–H and O–H groups in total. The summed E-state index contributed by atoms with van der Waals surface area (Å²) in [5.41, 5.74) is 2.73. The summed E-state index contributed by atoms with van der Waals surface area (Å²) in [7, 11) is 0. The topological polar surface area (TPSA) is 65.0 Å². The Balaban J connectivity index is 1.29. The number of ether oxygens (including phenoxy) is 1. The number of rotatable bonds is 7. The van der Waals surface area contributed by atoms with Crippen molar-refractivity contribution >= 4 is 39.8 Å². The van der Waals surface area contributed by atoms with Crippen molar-refractivity contribution in [1.82, 2.24) is 19.8 Å². The maximum absolute atomic E-state index is 14.5. The third-order valence-corrected chi connectivity index (χ3v) is 9.21. The third-order valence-electron chi connectivity index (χ3n) is 8.84. The van der Waals surface area contributed by atoms with Crippen LogP contribution in [0.5, 0.6) is 6.01 Å². The number of fused-ring (bicyclic) bond motifs is 2. The highest BCUT2D eigenvalue weighted by atomic mass is 35.5. The summed E-state index contributed by atoms with van der Waals surface area (Å²) in [4.78, 5) is 30.2. The van der Waals surface area contributed by atoms with Gasteiger partial charge in [-0.1, -0.05) is 42.8 Å². The number of carbonyl (C=O) groups excluding carboxylic acids is 1. The number of aromatic nitrogens is 2. The van der Waals surface area contributed by atoms with Crippen LogP contribution in [0.2, 0.25) is 5.02 Å². The van der Waals surface area contributed by atoms with E-state index in [2.05, 4.69) is 28.2 Å². The number of benzene rings is 2. The Bertz CT molecular complexity index is 1520. The zero-order valence-electron chi connectivity index (χ0n) is 24.5. The maximum atomic E-state index is 14.5. The average molecular weight is 611 g/mol. The first-order valence-corrected chi connectivity index (χ1v) is 15.4. The van der Waals surface area contributed by atoms with Crippen LogP contribution < -0.4 is 14.5 Å². The average Bonchev–Trinajstić information content (AvgIpc) is 3.04. The summed E-state index contributed by atoms with van der Waals surface area (Å²) in [5.74, 6) is -1.27. The van der Waals surface area contributed by atoms with Crippen LogP contribution in [0.25, 0.3) is 10.8 Å². The van der Waals surface area contributed by atoms with Gasteiger partial charge in [0.1, 0.15) is 18.2 Å². The molecule has 3 aromatic rings. The fourth-order valence-electron chi connectivity index (χ4n) is 6.43. The molecule has 2 fully saturated rings. The second-order valence-electron chi connectivity index (χ2n) is 11.6. The quantitative estimate of drug-likeness (QED) is 0.333. The van der Waals surface area contributed by atoms with Crippen LogP contribution in [-0.2, 0) is 17.8 Å². The first kappa shape index (κ1) is 29.6. The van der Waals surface area contributed by atoms with Crippen LogP contribution in [0.15, 0.2) is 42.7 Å². The smallest absolute Gasteiger partial charge is 0.318 e. The minimum atomic E-state index is -0.945. The van der Waals surface area contributed by atoms with E-state index in [1.54, 1.807) is 6.07 Å². The van der Waals surface area contributed by atoms with Crippen molar-refractivity contribution in [2.45, 2.75) is 45.2 Å². The molecular formula is C32H37ClF2N6O2. The van der Waals surface area contributed by atoms with E-state index < -0.39 is 17.6 Å². The largest absolute Gasteiger partial charge is 0.462 e. The molecule has 11 heteroatoms. The lowest BCUT2D eigenvalue weighted by Crippen LogP contribution is -2.49. The van der Waals surface area contributed by atoms with Gasteiger partial charge >= 0.3 is 6.01 Å². The predicted molar refractivity (Wildman–Crippen MR) is 165 cm³/mol. The Kier molecular flexibility index (Phi) is 8.68. The molecule has 4 heterocycles. The van der Waals surface area contributed by atoms with Gasteiger partial charge in [-0.25, -0.2) is 8.78 Å². The minimum Gasteiger partial charge on any atom is -0.462 e. The van der Waals surface area contributed by atoms with Crippen molar-refractivity contribution in [3.05, 3.63) is 64.8 Å². The van der Waals surface area contributed by atoms with E-state index in [9.17, 15) is 13.6 Å². The highest BCUT2D eigenvalue weighted by Crippen LogP contribution is 2.38. The summed E-state index contributed by atoms with van der Waals surface area (Å²) in [6.07, 6.45) is 4.33. The third kappa shape index (κ3) is 6.13. The molecule has 6 rings (SSSR count). The van der Waals surface area contributed by atoms with E-state index in [0.29, 0.717) is 63.7 Å². The Morgan fingerprint density at radius 1 is 1.02 bits per heavy atom. The summed E-state index contributed by atoms with van der Waals surface area (Å²) in [6.45, 7) is 10.8. The van der Waals surface area contributed by atoms with Crippen LogP contribution in [0.1, 0.15) is 37.4 Å². The first-order chi connectivity index (χ1) is 20.8. The van der Waals surface area contributed by atoms with Gasteiger partial charge in [-0.15, -0.1) is 0 Å². The number of halogens is 3.